The highest BCUT2D eigenvalue weighted by atomic mass is 32.2. The van der Waals surface area contributed by atoms with Crippen molar-refractivity contribution in [2.75, 3.05) is 12.3 Å². The molecule has 1 aliphatic rings. The molecule has 0 aromatic carbocycles. The summed E-state index contributed by atoms with van der Waals surface area (Å²) >= 11 is 0. The molecule has 0 spiro atoms. The minimum Gasteiger partial charge on any atom is -0.313 e. The van der Waals surface area contributed by atoms with E-state index in [9.17, 15) is 8.42 Å². The molecule has 1 aliphatic heterocycles. The van der Waals surface area contributed by atoms with E-state index in [1.807, 2.05) is 13.8 Å². The van der Waals surface area contributed by atoms with E-state index in [2.05, 4.69) is 17.0 Å². The van der Waals surface area contributed by atoms with Crippen molar-refractivity contribution in [3.63, 3.8) is 0 Å². The lowest BCUT2D eigenvalue weighted by molar-refractivity contribution is 0.365. The average molecular weight is 234 g/mol. The van der Waals surface area contributed by atoms with E-state index in [0.717, 1.165) is 19.4 Å². The van der Waals surface area contributed by atoms with Gasteiger partial charge < -0.3 is 5.32 Å². The van der Waals surface area contributed by atoms with Gasteiger partial charge in [-0.15, -0.1) is 0 Å². The van der Waals surface area contributed by atoms with Crippen molar-refractivity contribution in [1.29, 1.82) is 0 Å². The molecule has 0 aromatic heterocycles. The van der Waals surface area contributed by atoms with Crippen molar-refractivity contribution in [3.05, 3.63) is 0 Å². The molecule has 0 aromatic rings. The summed E-state index contributed by atoms with van der Waals surface area (Å²) in [5, 5.41) is 3.28. The van der Waals surface area contributed by atoms with Crippen molar-refractivity contribution >= 4 is 10.0 Å². The standard InChI is InChI=1S/C10H22N2O2S/c1-8(2)7-15(13,14)12-10-5-4-9(3)11-6-10/h8-12H,4-7H2,1-3H3. The number of nitrogens with one attached hydrogen (secondary N) is 2. The fraction of sp³-hybridized carbons (Fsp3) is 1.00. The Bertz CT molecular complexity index is 280. The zero-order valence-corrected chi connectivity index (χ0v) is 10.6. The maximum Gasteiger partial charge on any atom is 0.212 e. The first kappa shape index (κ1) is 12.9. The van der Waals surface area contributed by atoms with Gasteiger partial charge in [0.05, 0.1) is 5.75 Å². The molecular formula is C10H22N2O2S. The molecule has 1 rings (SSSR count). The normalized spacial score (nSPS) is 28.3. The maximum atomic E-state index is 11.7. The quantitative estimate of drug-likeness (QED) is 0.753. The molecule has 1 heterocycles. The number of rotatable bonds is 4. The molecule has 0 amide bonds. The van der Waals surface area contributed by atoms with Crippen LogP contribution in [-0.2, 0) is 10.0 Å². The van der Waals surface area contributed by atoms with Crippen molar-refractivity contribution < 1.29 is 8.42 Å². The lowest BCUT2D eigenvalue weighted by Gasteiger charge is -2.28. The Kier molecular flexibility index (Phi) is 4.55. The van der Waals surface area contributed by atoms with E-state index in [1.54, 1.807) is 0 Å². The predicted molar refractivity (Wildman–Crippen MR) is 62.2 cm³/mol. The summed E-state index contributed by atoms with van der Waals surface area (Å²) in [5.74, 6) is 0.400. The molecule has 0 aliphatic carbocycles. The van der Waals surface area contributed by atoms with E-state index >= 15 is 0 Å². The van der Waals surface area contributed by atoms with E-state index in [-0.39, 0.29) is 17.7 Å². The Balaban J connectivity index is 2.41. The van der Waals surface area contributed by atoms with Crippen LogP contribution in [0.3, 0.4) is 0 Å². The zero-order valence-electron chi connectivity index (χ0n) is 9.79. The topological polar surface area (TPSA) is 58.2 Å². The van der Waals surface area contributed by atoms with Crippen LogP contribution in [0.5, 0.6) is 0 Å². The zero-order chi connectivity index (χ0) is 11.5. The van der Waals surface area contributed by atoms with Gasteiger partial charge in [0.15, 0.2) is 0 Å². The van der Waals surface area contributed by atoms with E-state index in [4.69, 9.17) is 0 Å². The van der Waals surface area contributed by atoms with Gasteiger partial charge in [-0.3, -0.25) is 0 Å². The van der Waals surface area contributed by atoms with Crippen LogP contribution in [0.1, 0.15) is 33.6 Å². The van der Waals surface area contributed by atoms with E-state index < -0.39 is 10.0 Å². The molecule has 0 radical (unpaired) electrons. The minimum atomic E-state index is -3.09. The van der Waals surface area contributed by atoms with Gasteiger partial charge in [-0.05, 0) is 25.7 Å². The third-order valence-corrected chi connectivity index (χ3v) is 4.36. The van der Waals surface area contributed by atoms with Gasteiger partial charge in [-0.1, -0.05) is 13.8 Å². The second-order valence-corrected chi connectivity index (χ2v) is 6.68. The Labute approximate surface area is 92.9 Å². The number of hydrogen-bond acceptors (Lipinski definition) is 3. The fourth-order valence-electron chi connectivity index (χ4n) is 1.84. The van der Waals surface area contributed by atoms with Crippen molar-refractivity contribution in [3.8, 4) is 0 Å². The van der Waals surface area contributed by atoms with Gasteiger partial charge >= 0.3 is 0 Å². The first-order valence-corrected chi connectivity index (χ1v) is 7.27. The summed E-state index contributed by atoms with van der Waals surface area (Å²) in [6.45, 7) is 6.71. The summed E-state index contributed by atoms with van der Waals surface area (Å²) in [6, 6.07) is 0.584. The third kappa shape index (κ3) is 4.95. The number of hydrogen-bond donors (Lipinski definition) is 2. The second-order valence-electron chi connectivity index (χ2n) is 4.88. The van der Waals surface area contributed by atoms with Crippen LogP contribution in [0.25, 0.3) is 0 Å². The first-order chi connectivity index (χ1) is 6.89. The Morgan fingerprint density at radius 1 is 1.40 bits per heavy atom. The monoisotopic (exact) mass is 234 g/mol. The van der Waals surface area contributed by atoms with Gasteiger partial charge in [-0.2, -0.15) is 0 Å². The van der Waals surface area contributed by atoms with Gasteiger partial charge in [0.25, 0.3) is 0 Å². The lowest BCUT2D eigenvalue weighted by atomic mass is 10.0. The van der Waals surface area contributed by atoms with Gasteiger partial charge in [0, 0.05) is 18.6 Å². The molecule has 5 heteroatoms. The molecule has 15 heavy (non-hydrogen) atoms. The van der Waals surface area contributed by atoms with E-state index in [0.29, 0.717) is 6.04 Å². The van der Waals surface area contributed by atoms with Crippen molar-refractivity contribution in [2.24, 2.45) is 5.92 Å². The highest BCUT2D eigenvalue weighted by Gasteiger charge is 2.22. The molecule has 0 saturated carbocycles. The molecule has 90 valence electrons. The molecular weight excluding hydrogens is 212 g/mol. The summed E-state index contributed by atoms with van der Waals surface area (Å²) in [6.07, 6.45) is 1.97. The number of sulfonamides is 1. The van der Waals surface area contributed by atoms with Crippen LogP contribution >= 0.6 is 0 Å². The van der Waals surface area contributed by atoms with Crippen molar-refractivity contribution in [2.45, 2.75) is 45.7 Å². The smallest absolute Gasteiger partial charge is 0.212 e. The van der Waals surface area contributed by atoms with Gasteiger partial charge in [0.1, 0.15) is 0 Å². The van der Waals surface area contributed by atoms with Crippen LogP contribution in [0.15, 0.2) is 0 Å². The van der Waals surface area contributed by atoms with Crippen LogP contribution in [0, 0.1) is 5.92 Å². The van der Waals surface area contributed by atoms with Crippen LogP contribution < -0.4 is 10.0 Å². The average Bonchev–Trinajstić information content (AvgIpc) is 2.06. The summed E-state index contributed by atoms with van der Waals surface area (Å²) in [4.78, 5) is 0. The highest BCUT2D eigenvalue weighted by Crippen LogP contribution is 2.09. The molecule has 1 saturated heterocycles. The first-order valence-electron chi connectivity index (χ1n) is 5.62. The molecule has 0 bridgehead atoms. The van der Waals surface area contributed by atoms with Crippen LogP contribution in [0.4, 0.5) is 0 Å². The highest BCUT2D eigenvalue weighted by molar-refractivity contribution is 7.89. The Morgan fingerprint density at radius 3 is 2.53 bits per heavy atom. The SMILES string of the molecule is CC(C)CS(=O)(=O)NC1CCC(C)NC1. The summed E-state index contributed by atoms with van der Waals surface area (Å²) in [7, 11) is -3.09. The second kappa shape index (κ2) is 5.27. The largest absolute Gasteiger partial charge is 0.313 e. The summed E-state index contributed by atoms with van der Waals surface area (Å²) < 4.78 is 26.1. The molecule has 2 unspecified atom stereocenters. The molecule has 4 nitrogen and oxygen atoms in total. The van der Waals surface area contributed by atoms with Crippen LogP contribution in [0.2, 0.25) is 0 Å². The predicted octanol–water partition coefficient (Wildman–Crippen LogP) is 0.702. The minimum absolute atomic E-state index is 0.0740. The van der Waals surface area contributed by atoms with Gasteiger partial charge in [0.2, 0.25) is 10.0 Å². The summed E-state index contributed by atoms with van der Waals surface area (Å²) in [5.41, 5.74) is 0. The van der Waals surface area contributed by atoms with E-state index in [1.165, 1.54) is 0 Å². The molecule has 1 fully saturated rings. The maximum absolute atomic E-state index is 11.7. The van der Waals surface area contributed by atoms with Crippen molar-refractivity contribution in [1.82, 2.24) is 10.0 Å². The Hall–Kier alpha value is -0.130. The third-order valence-electron chi connectivity index (χ3n) is 2.56. The number of piperidine rings is 1. The Morgan fingerprint density at radius 2 is 2.07 bits per heavy atom. The fourth-order valence-corrected chi connectivity index (χ4v) is 3.52. The molecule has 2 atom stereocenters. The lowest BCUT2D eigenvalue weighted by Crippen LogP contribution is -2.49. The molecule has 2 N–H and O–H groups in total. The van der Waals surface area contributed by atoms with Gasteiger partial charge in [-0.25, -0.2) is 13.1 Å². The van der Waals surface area contributed by atoms with Crippen LogP contribution in [-0.4, -0.2) is 32.8 Å².